The molecule has 0 spiro atoms. The first-order valence-corrected chi connectivity index (χ1v) is 6.02. The summed E-state index contributed by atoms with van der Waals surface area (Å²) < 4.78 is 1.54. The number of hydrogen-bond acceptors (Lipinski definition) is 4. The van der Waals surface area contributed by atoms with E-state index in [-0.39, 0.29) is 11.3 Å². The normalized spacial score (nSPS) is 10.7. The molecule has 3 aromatic rings. The molecule has 21 heavy (non-hydrogen) atoms. The van der Waals surface area contributed by atoms with Gasteiger partial charge in [-0.25, -0.2) is 9.78 Å². The number of fused-ring (bicyclic) bond motifs is 1. The van der Waals surface area contributed by atoms with E-state index < -0.39 is 10.9 Å². The largest absolute Gasteiger partial charge is 0.478 e. The molecule has 2 heterocycles. The van der Waals surface area contributed by atoms with E-state index in [0.717, 1.165) is 0 Å². The third kappa shape index (κ3) is 2.20. The number of nitro groups is 1. The van der Waals surface area contributed by atoms with Crippen LogP contribution in [0, 0.1) is 10.1 Å². The number of imidazole rings is 1. The van der Waals surface area contributed by atoms with E-state index in [1.165, 1.54) is 22.7 Å². The number of aromatic nitrogens is 2. The maximum atomic E-state index is 11.0. The van der Waals surface area contributed by atoms with Crippen LogP contribution in [0.1, 0.15) is 10.4 Å². The lowest BCUT2D eigenvalue weighted by Gasteiger charge is -1.97. The smallest absolute Gasteiger partial charge is 0.337 e. The molecule has 0 amide bonds. The first-order chi connectivity index (χ1) is 10.1. The van der Waals surface area contributed by atoms with Gasteiger partial charge in [0.05, 0.1) is 21.7 Å². The fraction of sp³-hybridized carbons (Fsp3) is 0. The van der Waals surface area contributed by atoms with Gasteiger partial charge in [0.2, 0.25) is 0 Å². The Kier molecular flexibility index (Phi) is 2.87. The van der Waals surface area contributed by atoms with Crippen molar-refractivity contribution >= 4 is 17.3 Å². The topological polar surface area (TPSA) is 97.7 Å². The summed E-state index contributed by atoms with van der Waals surface area (Å²) in [5.74, 6) is -1.04. The third-order valence-corrected chi connectivity index (χ3v) is 3.07. The molecule has 1 aromatic carbocycles. The minimum absolute atomic E-state index is 0.0423. The first-order valence-electron chi connectivity index (χ1n) is 6.02. The van der Waals surface area contributed by atoms with Crippen LogP contribution >= 0.6 is 0 Å². The van der Waals surface area contributed by atoms with Crippen molar-refractivity contribution in [2.24, 2.45) is 0 Å². The van der Waals surface area contributed by atoms with Crippen molar-refractivity contribution in [2.45, 2.75) is 0 Å². The van der Waals surface area contributed by atoms with Crippen molar-refractivity contribution in [3.63, 3.8) is 0 Å². The van der Waals surface area contributed by atoms with E-state index in [0.29, 0.717) is 16.9 Å². The standard InChI is InChI=1S/C14H9N3O4/c18-14(19)9-5-6-13-15-11(8-16(13)7-9)10-3-1-2-4-12(10)17(20)21/h1-8H,(H,18,19). The predicted octanol–water partition coefficient (Wildman–Crippen LogP) is 2.61. The molecule has 0 saturated carbocycles. The molecule has 0 saturated heterocycles. The highest BCUT2D eigenvalue weighted by atomic mass is 16.6. The number of nitro benzene ring substituents is 1. The summed E-state index contributed by atoms with van der Waals surface area (Å²) in [4.78, 5) is 25.8. The summed E-state index contributed by atoms with van der Waals surface area (Å²) in [6, 6.07) is 9.28. The van der Waals surface area contributed by atoms with Crippen LogP contribution < -0.4 is 0 Å². The van der Waals surface area contributed by atoms with E-state index in [4.69, 9.17) is 5.11 Å². The van der Waals surface area contributed by atoms with E-state index in [1.54, 1.807) is 30.5 Å². The minimum Gasteiger partial charge on any atom is -0.478 e. The van der Waals surface area contributed by atoms with Crippen LogP contribution in [0.2, 0.25) is 0 Å². The monoisotopic (exact) mass is 283 g/mol. The molecule has 0 atom stereocenters. The molecule has 7 heteroatoms. The van der Waals surface area contributed by atoms with Crippen molar-refractivity contribution in [2.75, 3.05) is 0 Å². The predicted molar refractivity (Wildman–Crippen MR) is 74.2 cm³/mol. The van der Waals surface area contributed by atoms with Crippen molar-refractivity contribution in [1.82, 2.24) is 9.38 Å². The van der Waals surface area contributed by atoms with Gasteiger partial charge in [-0.15, -0.1) is 0 Å². The Morgan fingerprint density at radius 1 is 1.19 bits per heavy atom. The Labute approximate surface area is 118 Å². The number of hydrogen-bond donors (Lipinski definition) is 1. The molecule has 1 N–H and O–H groups in total. The average Bonchev–Trinajstić information content (AvgIpc) is 2.89. The van der Waals surface area contributed by atoms with Crippen LogP contribution in [0.25, 0.3) is 16.9 Å². The SMILES string of the molecule is O=C(O)c1ccc2nc(-c3ccccc3[N+](=O)[O-])cn2c1. The van der Waals surface area contributed by atoms with Crippen molar-refractivity contribution in [3.8, 4) is 11.3 Å². The molecule has 3 rings (SSSR count). The van der Waals surface area contributed by atoms with Gasteiger partial charge in [-0.1, -0.05) is 12.1 Å². The Morgan fingerprint density at radius 2 is 1.95 bits per heavy atom. The van der Waals surface area contributed by atoms with Gasteiger partial charge in [0.25, 0.3) is 5.69 Å². The summed E-state index contributed by atoms with van der Waals surface area (Å²) in [6.07, 6.45) is 2.99. The highest BCUT2D eigenvalue weighted by molar-refractivity contribution is 5.87. The van der Waals surface area contributed by atoms with E-state index in [9.17, 15) is 14.9 Å². The van der Waals surface area contributed by atoms with Crippen molar-refractivity contribution in [3.05, 3.63) is 64.5 Å². The van der Waals surface area contributed by atoms with Crippen LogP contribution in [0.15, 0.2) is 48.8 Å². The number of nitrogens with zero attached hydrogens (tertiary/aromatic N) is 3. The second-order valence-corrected chi connectivity index (χ2v) is 4.39. The second kappa shape index (κ2) is 4.71. The van der Waals surface area contributed by atoms with Crippen LogP contribution in [-0.4, -0.2) is 25.4 Å². The number of para-hydroxylation sites is 1. The molecule has 7 nitrogen and oxygen atoms in total. The highest BCUT2D eigenvalue weighted by Gasteiger charge is 2.17. The van der Waals surface area contributed by atoms with Gasteiger partial charge in [-0.3, -0.25) is 10.1 Å². The van der Waals surface area contributed by atoms with Gasteiger partial charge in [0.15, 0.2) is 0 Å². The molecule has 104 valence electrons. The molecule has 0 aliphatic carbocycles. The Morgan fingerprint density at radius 3 is 2.67 bits per heavy atom. The fourth-order valence-electron chi connectivity index (χ4n) is 2.10. The van der Waals surface area contributed by atoms with E-state index in [2.05, 4.69) is 4.98 Å². The number of rotatable bonds is 3. The first kappa shape index (κ1) is 12.8. The molecule has 0 fully saturated rings. The van der Waals surface area contributed by atoms with Crippen LogP contribution in [-0.2, 0) is 0 Å². The highest BCUT2D eigenvalue weighted by Crippen LogP contribution is 2.28. The zero-order chi connectivity index (χ0) is 15.0. The van der Waals surface area contributed by atoms with Crippen LogP contribution in [0.3, 0.4) is 0 Å². The number of pyridine rings is 1. The molecule has 0 bridgehead atoms. The van der Waals surface area contributed by atoms with Crippen molar-refractivity contribution in [1.29, 1.82) is 0 Å². The minimum atomic E-state index is -1.04. The lowest BCUT2D eigenvalue weighted by Crippen LogP contribution is -1.97. The Hall–Kier alpha value is -3.22. The zero-order valence-electron chi connectivity index (χ0n) is 10.6. The van der Waals surface area contributed by atoms with Gasteiger partial charge >= 0.3 is 5.97 Å². The molecule has 0 unspecified atom stereocenters. The van der Waals surface area contributed by atoms with Crippen LogP contribution in [0.5, 0.6) is 0 Å². The zero-order valence-corrected chi connectivity index (χ0v) is 10.6. The molecular weight excluding hydrogens is 274 g/mol. The summed E-state index contributed by atoms with van der Waals surface area (Å²) >= 11 is 0. The number of carboxylic acids is 1. The summed E-state index contributed by atoms with van der Waals surface area (Å²) in [6.45, 7) is 0. The number of carbonyl (C=O) groups is 1. The van der Waals surface area contributed by atoms with E-state index in [1.807, 2.05) is 0 Å². The summed E-state index contributed by atoms with van der Waals surface area (Å²) in [7, 11) is 0. The summed E-state index contributed by atoms with van der Waals surface area (Å²) in [5, 5.41) is 20.0. The number of benzene rings is 1. The molecule has 0 aliphatic heterocycles. The second-order valence-electron chi connectivity index (χ2n) is 4.39. The molecule has 2 aromatic heterocycles. The van der Waals surface area contributed by atoms with Crippen LogP contribution in [0.4, 0.5) is 5.69 Å². The lowest BCUT2D eigenvalue weighted by atomic mass is 10.1. The third-order valence-electron chi connectivity index (χ3n) is 3.07. The lowest BCUT2D eigenvalue weighted by molar-refractivity contribution is -0.384. The van der Waals surface area contributed by atoms with Gasteiger partial charge < -0.3 is 9.51 Å². The fourth-order valence-corrected chi connectivity index (χ4v) is 2.10. The maximum Gasteiger partial charge on any atom is 0.337 e. The average molecular weight is 283 g/mol. The number of carboxylic acid groups (broad SMARTS) is 1. The quantitative estimate of drug-likeness (QED) is 0.588. The molecular formula is C14H9N3O4. The number of aromatic carboxylic acids is 1. The van der Waals surface area contributed by atoms with Gasteiger partial charge in [-0.2, -0.15) is 0 Å². The van der Waals surface area contributed by atoms with Gasteiger partial charge in [-0.05, 0) is 18.2 Å². The van der Waals surface area contributed by atoms with Gasteiger partial charge in [0, 0.05) is 18.5 Å². The Bertz CT molecular complexity index is 870. The maximum absolute atomic E-state index is 11.0. The van der Waals surface area contributed by atoms with Gasteiger partial charge in [0.1, 0.15) is 5.65 Å². The Balaban J connectivity index is 2.18. The van der Waals surface area contributed by atoms with E-state index >= 15 is 0 Å². The molecule has 0 radical (unpaired) electrons. The van der Waals surface area contributed by atoms with Crippen molar-refractivity contribution < 1.29 is 14.8 Å². The summed E-state index contributed by atoms with van der Waals surface area (Å²) in [5.41, 5.74) is 1.41. The molecule has 0 aliphatic rings.